The Bertz CT molecular complexity index is 1160. The lowest BCUT2D eigenvalue weighted by Crippen LogP contribution is -2.38. The van der Waals surface area contributed by atoms with Crippen LogP contribution in [0.15, 0.2) is 36.7 Å². The molecule has 0 bridgehead atoms. The molecule has 1 aliphatic rings. The molecule has 2 amide bonds. The number of nitrogens with zero attached hydrogens (tertiary/aromatic N) is 2. The van der Waals surface area contributed by atoms with Crippen LogP contribution in [0.4, 0.5) is 26.4 Å². The molecule has 2 heterocycles. The van der Waals surface area contributed by atoms with E-state index < -0.39 is 23.9 Å². The summed E-state index contributed by atoms with van der Waals surface area (Å²) in [5.41, 5.74) is 1.42. The Morgan fingerprint density at radius 1 is 1.33 bits per heavy atom. The molecule has 1 aromatic heterocycles. The zero-order chi connectivity index (χ0) is 21.3. The first kappa shape index (κ1) is 19.6. The van der Waals surface area contributed by atoms with E-state index in [1.165, 1.54) is 31.6 Å². The van der Waals surface area contributed by atoms with Gasteiger partial charge in [0.1, 0.15) is 36.4 Å². The number of halogens is 2. The van der Waals surface area contributed by atoms with Gasteiger partial charge in [0, 0.05) is 17.1 Å². The summed E-state index contributed by atoms with van der Waals surface area (Å²) in [6.07, 6.45) is 0.706. The smallest absolute Gasteiger partial charge is 0.407 e. The van der Waals surface area contributed by atoms with Crippen LogP contribution in [0.3, 0.4) is 0 Å². The zero-order valence-electron chi connectivity index (χ0n) is 15.5. The summed E-state index contributed by atoms with van der Waals surface area (Å²) >= 11 is 5.84. The molecule has 1 aliphatic heterocycles. The van der Waals surface area contributed by atoms with Crippen molar-refractivity contribution in [3.8, 4) is 5.75 Å². The lowest BCUT2D eigenvalue weighted by molar-refractivity contribution is -0.117. The average Bonchev–Trinajstić information content (AvgIpc) is 3.17. The molecule has 3 aromatic rings. The minimum absolute atomic E-state index is 0.0335. The number of alkyl carbamates (subject to hydrolysis) is 1. The van der Waals surface area contributed by atoms with Gasteiger partial charge in [-0.1, -0.05) is 11.6 Å². The molecule has 11 heteroatoms. The Balaban J connectivity index is 1.68. The molecule has 1 saturated heterocycles. The Morgan fingerprint density at radius 3 is 2.87 bits per heavy atom. The summed E-state index contributed by atoms with van der Waals surface area (Å²) in [6, 6.07) is 6.64. The quantitative estimate of drug-likeness (QED) is 0.568. The van der Waals surface area contributed by atoms with Crippen LogP contribution in [-0.2, 0) is 9.53 Å². The van der Waals surface area contributed by atoms with Crippen molar-refractivity contribution in [1.82, 2.24) is 15.3 Å². The second-order valence-corrected chi connectivity index (χ2v) is 6.74. The highest BCUT2D eigenvalue weighted by Crippen LogP contribution is 2.33. The van der Waals surface area contributed by atoms with Gasteiger partial charge in [-0.3, -0.25) is 4.79 Å². The summed E-state index contributed by atoms with van der Waals surface area (Å²) in [5, 5.41) is 8.72. The minimum atomic E-state index is -0.816. The topological polar surface area (TPSA) is 114 Å². The van der Waals surface area contributed by atoms with Crippen LogP contribution in [0.5, 0.6) is 5.75 Å². The summed E-state index contributed by atoms with van der Waals surface area (Å²) in [6.45, 7) is -0.0677. The van der Waals surface area contributed by atoms with Gasteiger partial charge in [0.2, 0.25) is 0 Å². The molecule has 0 saturated carbocycles. The highest BCUT2D eigenvalue weighted by Gasteiger charge is 2.29. The van der Waals surface area contributed by atoms with Crippen LogP contribution < -0.4 is 20.7 Å². The zero-order valence-corrected chi connectivity index (χ0v) is 16.3. The standard InChI is InChI=1S/C19H15ClFN5O4/c1-29-16-6-13-10(5-14(16)25-18(27)15-7-30-19(28)26-15)17(23-8-22-13)24-9-2-3-12(21)11(20)4-9/h2-6,8,15H,7H2,1H3,(H,25,27)(H,26,28)(H,22,23,24)/t15-/m1/s1. The van der Waals surface area contributed by atoms with Crippen LogP contribution in [0.25, 0.3) is 10.9 Å². The van der Waals surface area contributed by atoms with Gasteiger partial charge in [0.15, 0.2) is 0 Å². The molecule has 3 N–H and O–H groups in total. The van der Waals surface area contributed by atoms with Crippen molar-refractivity contribution in [2.24, 2.45) is 0 Å². The minimum Gasteiger partial charge on any atom is -0.494 e. The Morgan fingerprint density at radius 2 is 2.17 bits per heavy atom. The van der Waals surface area contributed by atoms with Crippen LogP contribution in [0.2, 0.25) is 5.02 Å². The first-order valence-corrected chi connectivity index (χ1v) is 9.11. The molecule has 4 rings (SSSR count). The number of cyclic esters (lactones) is 1. The molecule has 1 atom stereocenters. The van der Waals surface area contributed by atoms with Crippen molar-refractivity contribution in [2.45, 2.75) is 6.04 Å². The Hall–Kier alpha value is -3.66. The summed E-state index contributed by atoms with van der Waals surface area (Å²) < 4.78 is 23.5. The van der Waals surface area contributed by atoms with Gasteiger partial charge in [-0.05, 0) is 24.3 Å². The highest BCUT2D eigenvalue weighted by atomic mass is 35.5. The molecule has 0 unspecified atom stereocenters. The monoisotopic (exact) mass is 431 g/mol. The molecule has 2 aromatic carbocycles. The van der Waals surface area contributed by atoms with E-state index in [9.17, 15) is 14.0 Å². The van der Waals surface area contributed by atoms with Gasteiger partial charge in [-0.2, -0.15) is 0 Å². The number of anilines is 3. The van der Waals surface area contributed by atoms with E-state index in [4.69, 9.17) is 21.1 Å². The van der Waals surface area contributed by atoms with Crippen molar-refractivity contribution in [3.63, 3.8) is 0 Å². The molecule has 0 aliphatic carbocycles. The Kier molecular flexibility index (Phi) is 5.23. The van der Waals surface area contributed by atoms with Crippen molar-refractivity contribution >= 4 is 51.7 Å². The highest BCUT2D eigenvalue weighted by molar-refractivity contribution is 6.31. The third-order valence-corrected chi connectivity index (χ3v) is 4.68. The van der Waals surface area contributed by atoms with Crippen molar-refractivity contribution in [2.75, 3.05) is 24.4 Å². The number of nitrogens with one attached hydrogen (secondary N) is 3. The number of carbonyl (C=O) groups is 2. The number of amides is 2. The summed E-state index contributed by atoms with van der Waals surface area (Å²) in [7, 11) is 1.46. The van der Waals surface area contributed by atoms with Gasteiger partial charge in [0.05, 0.1) is 23.3 Å². The van der Waals surface area contributed by atoms with E-state index in [0.717, 1.165) is 0 Å². The molecule has 154 valence electrons. The molecule has 1 fully saturated rings. The number of hydrogen-bond donors (Lipinski definition) is 3. The van der Waals surface area contributed by atoms with E-state index in [2.05, 4.69) is 25.9 Å². The van der Waals surface area contributed by atoms with Gasteiger partial charge in [0.25, 0.3) is 5.91 Å². The Labute approximate surface area is 174 Å². The van der Waals surface area contributed by atoms with Crippen LogP contribution in [0.1, 0.15) is 0 Å². The van der Waals surface area contributed by atoms with E-state index in [1.54, 1.807) is 12.1 Å². The van der Waals surface area contributed by atoms with Gasteiger partial charge >= 0.3 is 6.09 Å². The molecule has 9 nitrogen and oxygen atoms in total. The predicted octanol–water partition coefficient (Wildman–Crippen LogP) is 3.22. The number of methoxy groups -OCH3 is 1. The fourth-order valence-corrected chi connectivity index (χ4v) is 3.09. The normalized spacial score (nSPS) is 15.4. The van der Waals surface area contributed by atoms with Crippen LogP contribution in [-0.4, -0.2) is 41.7 Å². The largest absolute Gasteiger partial charge is 0.494 e. The molecular formula is C19H15ClFN5O4. The van der Waals surface area contributed by atoms with E-state index in [0.29, 0.717) is 33.8 Å². The third kappa shape index (κ3) is 3.90. The SMILES string of the molecule is COc1cc2ncnc(Nc3ccc(F)c(Cl)c3)c2cc1NC(=O)[C@H]1COC(=O)N1. The van der Waals surface area contributed by atoms with E-state index >= 15 is 0 Å². The third-order valence-electron chi connectivity index (χ3n) is 4.39. The maximum Gasteiger partial charge on any atom is 0.407 e. The lowest BCUT2D eigenvalue weighted by atomic mass is 10.1. The number of ether oxygens (including phenoxy) is 2. The fraction of sp³-hybridized carbons (Fsp3) is 0.158. The first-order chi connectivity index (χ1) is 14.4. The molecule has 30 heavy (non-hydrogen) atoms. The predicted molar refractivity (Wildman–Crippen MR) is 108 cm³/mol. The number of rotatable bonds is 5. The van der Waals surface area contributed by atoms with Crippen molar-refractivity contribution in [1.29, 1.82) is 0 Å². The molecule has 0 radical (unpaired) electrons. The maximum absolute atomic E-state index is 13.4. The maximum atomic E-state index is 13.4. The number of aromatic nitrogens is 2. The number of carbonyl (C=O) groups excluding carboxylic acids is 2. The summed E-state index contributed by atoms with van der Waals surface area (Å²) in [5.74, 6) is -0.212. The van der Waals surface area contributed by atoms with Gasteiger partial charge < -0.3 is 25.4 Å². The molecular weight excluding hydrogens is 417 g/mol. The number of fused-ring (bicyclic) bond motifs is 1. The lowest BCUT2D eigenvalue weighted by Gasteiger charge is -2.15. The van der Waals surface area contributed by atoms with Crippen LogP contribution in [0, 0.1) is 5.82 Å². The summed E-state index contributed by atoms with van der Waals surface area (Å²) in [4.78, 5) is 32.1. The van der Waals surface area contributed by atoms with Crippen molar-refractivity contribution in [3.05, 3.63) is 47.5 Å². The van der Waals surface area contributed by atoms with E-state index in [-0.39, 0.29) is 11.6 Å². The van der Waals surface area contributed by atoms with E-state index in [1.807, 2.05) is 0 Å². The number of benzene rings is 2. The first-order valence-electron chi connectivity index (χ1n) is 8.73. The number of hydrogen-bond acceptors (Lipinski definition) is 7. The average molecular weight is 432 g/mol. The van der Waals surface area contributed by atoms with Crippen molar-refractivity contribution < 1.29 is 23.5 Å². The second-order valence-electron chi connectivity index (χ2n) is 6.33. The van der Waals surface area contributed by atoms with Crippen LogP contribution >= 0.6 is 11.6 Å². The molecule has 0 spiro atoms. The fourth-order valence-electron chi connectivity index (χ4n) is 2.91. The van der Waals surface area contributed by atoms with Gasteiger partial charge in [-0.15, -0.1) is 0 Å². The van der Waals surface area contributed by atoms with Gasteiger partial charge in [-0.25, -0.2) is 19.2 Å². The second kappa shape index (κ2) is 7.99.